The maximum Gasteiger partial charge on any atom is 0.346 e. The smallest absolute Gasteiger partial charge is 0.346 e. The van der Waals surface area contributed by atoms with E-state index in [9.17, 15) is 14.4 Å². The predicted octanol–water partition coefficient (Wildman–Crippen LogP) is 3.52. The molecule has 1 N–H and O–H groups in total. The lowest BCUT2D eigenvalue weighted by atomic mass is 10.2. The summed E-state index contributed by atoms with van der Waals surface area (Å²) in [5.41, 5.74) is 1.91. The van der Waals surface area contributed by atoms with E-state index in [1.165, 1.54) is 0 Å². The zero-order valence-corrected chi connectivity index (χ0v) is 15.8. The number of anilines is 1. The fourth-order valence-electron chi connectivity index (χ4n) is 2.86. The molecule has 0 aliphatic carbocycles. The fraction of sp³-hybridized carbons (Fsp3) is 0.143. The minimum Gasteiger partial charge on any atom is -0.422 e. The number of rotatable bonds is 4. The number of amides is 2. The Balaban J connectivity index is 1.48. The lowest BCUT2D eigenvalue weighted by Gasteiger charge is -2.08. The Labute approximate surface area is 164 Å². The molecule has 28 heavy (non-hydrogen) atoms. The van der Waals surface area contributed by atoms with E-state index in [1.807, 2.05) is 31.2 Å². The van der Waals surface area contributed by atoms with Crippen LogP contribution in [0.1, 0.15) is 17.5 Å². The lowest BCUT2D eigenvalue weighted by molar-refractivity contribution is -0.121. The van der Waals surface area contributed by atoms with Crippen molar-refractivity contribution in [1.29, 1.82) is 0 Å². The number of aryl methyl sites for hydroxylation is 1. The van der Waals surface area contributed by atoms with Gasteiger partial charge in [0, 0.05) is 17.5 Å². The summed E-state index contributed by atoms with van der Waals surface area (Å²) in [4.78, 5) is 40.8. The van der Waals surface area contributed by atoms with E-state index in [0.717, 1.165) is 22.7 Å². The summed E-state index contributed by atoms with van der Waals surface area (Å²) in [6.45, 7) is 1.96. The number of benzene rings is 2. The van der Waals surface area contributed by atoms with E-state index >= 15 is 0 Å². The van der Waals surface area contributed by atoms with Gasteiger partial charge in [-0.05, 0) is 31.2 Å². The van der Waals surface area contributed by atoms with E-state index in [-0.39, 0.29) is 22.9 Å². The number of para-hydroxylation sites is 1. The van der Waals surface area contributed by atoms with Crippen molar-refractivity contribution in [3.8, 4) is 0 Å². The molecular formula is C21H16N2O4S. The van der Waals surface area contributed by atoms with Crippen molar-refractivity contribution in [3.63, 3.8) is 0 Å². The summed E-state index contributed by atoms with van der Waals surface area (Å²) in [7, 11) is 0. The Morgan fingerprint density at radius 1 is 1.14 bits per heavy atom. The molecule has 0 spiro atoms. The summed E-state index contributed by atoms with van der Waals surface area (Å²) >= 11 is 1.12. The molecule has 2 aromatic carbocycles. The van der Waals surface area contributed by atoms with Crippen molar-refractivity contribution in [2.75, 3.05) is 5.32 Å². The third kappa shape index (κ3) is 3.75. The van der Waals surface area contributed by atoms with Gasteiger partial charge in [0.2, 0.25) is 5.91 Å². The maximum absolute atomic E-state index is 12.3. The van der Waals surface area contributed by atoms with Crippen molar-refractivity contribution >= 4 is 45.3 Å². The number of carbonyl (C=O) groups excluding carboxylic acids is 2. The largest absolute Gasteiger partial charge is 0.422 e. The third-order valence-corrected chi connectivity index (χ3v) is 5.51. The summed E-state index contributed by atoms with van der Waals surface area (Å²) < 4.78 is 5.31. The molecule has 0 radical (unpaired) electrons. The monoisotopic (exact) mass is 392 g/mol. The van der Waals surface area contributed by atoms with Gasteiger partial charge in [-0.1, -0.05) is 47.7 Å². The van der Waals surface area contributed by atoms with Crippen LogP contribution < -0.4 is 10.9 Å². The summed E-state index contributed by atoms with van der Waals surface area (Å²) in [6.07, 6.45) is -0.0245. The molecule has 1 aliphatic rings. The van der Waals surface area contributed by atoms with Crippen LogP contribution in [-0.4, -0.2) is 22.1 Å². The maximum atomic E-state index is 12.3. The Morgan fingerprint density at radius 2 is 1.89 bits per heavy atom. The van der Waals surface area contributed by atoms with Crippen LogP contribution in [0.15, 0.2) is 68.8 Å². The van der Waals surface area contributed by atoms with Gasteiger partial charge in [0.15, 0.2) is 0 Å². The average molecular weight is 392 g/mol. The first kappa shape index (κ1) is 18.2. The molecular weight excluding hydrogens is 376 g/mol. The van der Waals surface area contributed by atoms with Crippen LogP contribution in [0.3, 0.4) is 0 Å². The molecule has 0 bridgehead atoms. The number of hydrogen-bond acceptors (Lipinski definition) is 5. The molecule has 0 unspecified atom stereocenters. The van der Waals surface area contributed by atoms with E-state index in [1.54, 1.807) is 30.3 Å². The number of nitrogens with one attached hydrogen (secondary N) is 1. The number of nitrogens with zero attached hydrogens (tertiary/aromatic N) is 1. The second-order valence-corrected chi connectivity index (χ2v) is 7.66. The standard InChI is InChI=1S/C21H16N2O4S/c1-12-6-8-14(9-7-12)22-18(24)11-17-19(25)23-20(28-17)15-10-13-4-2-3-5-16(13)27-21(15)26/h2-10,17H,11H2,1H3,(H,22,24)/t17-/m0/s1. The minimum atomic E-state index is -0.661. The van der Waals surface area contributed by atoms with Crippen molar-refractivity contribution in [1.82, 2.24) is 0 Å². The topological polar surface area (TPSA) is 88.7 Å². The number of aliphatic imine (C=N–C) groups is 1. The molecule has 1 aliphatic heterocycles. The molecule has 2 heterocycles. The van der Waals surface area contributed by atoms with Crippen molar-refractivity contribution in [3.05, 3.63) is 76.1 Å². The highest BCUT2D eigenvalue weighted by atomic mass is 32.2. The van der Waals surface area contributed by atoms with Crippen LogP contribution >= 0.6 is 11.8 Å². The molecule has 1 aromatic heterocycles. The van der Waals surface area contributed by atoms with Crippen LogP contribution in [-0.2, 0) is 9.59 Å². The molecule has 4 rings (SSSR count). The number of thioether (sulfide) groups is 1. The predicted molar refractivity (Wildman–Crippen MR) is 110 cm³/mol. The van der Waals surface area contributed by atoms with Crippen LogP contribution in [0.4, 0.5) is 5.69 Å². The molecule has 1 atom stereocenters. The number of hydrogen-bond donors (Lipinski definition) is 1. The Morgan fingerprint density at radius 3 is 2.68 bits per heavy atom. The van der Waals surface area contributed by atoms with E-state index < -0.39 is 16.8 Å². The van der Waals surface area contributed by atoms with E-state index in [2.05, 4.69) is 10.3 Å². The molecule has 0 saturated heterocycles. The lowest BCUT2D eigenvalue weighted by Crippen LogP contribution is -2.21. The number of carbonyl (C=O) groups is 2. The molecule has 7 heteroatoms. The highest BCUT2D eigenvalue weighted by Crippen LogP contribution is 2.29. The van der Waals surface area contributed by atoms with Gasteiger partial charge in [0.25, 0.3) is 5.91 Å². The third-order valence-electron chi connectivity index (χ3n) is 4.32. The van der Waals surface area contributed by atoms with E-state index in [4.69, 9.17) is 4.42 Å². The molecule has 0 saturated carbocycles. The molecule has 2 amide bonds. The van der Waals surface area contributed by atoms with Crippen molar-refractivity contribution in [2.24, 2.45) is 4.99 Å². The zero-order chi connectivity index (χ0) is 19.7. The Hall–Kier alpha value is -3.19. The van der Waals surface area contributed by atoms with Crippen LogP contribution in [0.25, 0.3) is 11.0 Å². The molecule has 3 aromatic rings. The van der Waals surface area contributed by atoms with Gasteiger partial charge < -0.3 is 9.73 Å². The Kier molecular flexibility index (Phi) is 4.83. The zero-order valence-electron chi connectivity index (χ0n) is 15.0. The highest BCUT2D eigenvalue weighted by Gasteiger charge is 2.32. The van der Waals surface area contributed by atoms with Crippen molar-refractivity contribution < 1.29 is 14.0 Å². The second-order valence-electron chi connectivity index (χ2n) is 6.47. The minimum absolute atomic E-state index is 0.0245. The summed E-state index contributed by atoms with van der Waals surface area (Å²) in [5, 5.41) is 3.14. The quantitative estimate of drug-likeness (QED) is 0.686. The first-order chi connectivity index (χ1) is 13.5. The SMILES string of the molecule is Cc1ccc(NC(=O)C[C@@H]2SC(c3cc4ccccc4oc3=O)=NC2=O)cc1. The fourth-order valence-corrected chi connectivity index (χ4v) is 3.93. The van der Waals surface area contributed by atoms with Crippen LogP contribution in [0.2, 0.25) is 0 Å². The highest BCUT2D eigenvalue weighted by molar-refractivity contribution is 8.16. The second kappa shape index (κ2) is 7.44. The van der Waals surface area contributed by atoms with Gasteiger partial charge in [-0.25, -0.2) is 9.79 Å². The first-order valence-electron chi connectivity index (χ1n) is 8.68. The first-order valence-corrected chi connectivity index (χ1v) is 9.56. The van der Waals surface area contributed by atoms with Gasteiger partial charge in [-0.2, -0.15) is 0 Å². The number of fused-ring (bicyclic) bond motifs is 1. The molecule has 140 valence electrons. The average Bonchev–Trinajstić information content (AvgIpc) is 3.03. The van der Waals surface area contributed by atoms with Gasteiger partial charge in [0.05, 0.1) is 5.56 Å². The molecule has 0 fully saturated rings. The van der Waals surface area contributed by atoms with Crippen LogP contribution in [0.5, 0.6) is 0 Å². The normalized spacial score (nSPS) is 16.2. The van der Waals surface area contributed by atoms with Crippen LogP contribution in [0, 0.1) is 6.92 Å². The van der Waals surface area contributed by atoms with Gasteiger partial charge >= 0.3 is 5.63 Å². The van der Waals surface area contributed by atoms with Gasteiger partial charge in [0.1, 0.15) is 15.9 Å². The Bertz CT molecular complexity index is 1160. The van der Waals surface area contributed by atoms with Crippen molar-refractivity contribution in [2.45, 2.75) is 18.6 Å². The summed E-state index contributed by atoms with van der Waals surface area (Å²) in [6, 6.07) is 16.2. The van der Waals surface area contributed by atoms with E-state index in [0.29, 0.717) is 11.3 Å². The van der Waals surface area contributed by atoms with Gasteiger partial charge in [-0.3, -0.25) is 9.59 Å². The summed E-state index contributed by atoms with van der Waals surface area (Å²) in [5.74, 6) is -0.705. The molecule has 6 nitrogen and oxygen atoms in total. The van der Waals surface area contributed by atoms with Gasteiger partial charge in [-0.15, -0.1) is 0 Å².